The third kappa shape index (κ3) is 3.51. The lowest BCUT2D eigenvalue weighted by molar-refractivity contribution is -0.158. The quantitative estimate of drug-likeness (QED) is 0.726. The Morgan fingerprint density at radius 3 is 2.83 bits per heavy atom. The van der Waals surface area contributed by atoms with Crippen molar-refractivity contribution in [1.82, 2.24) is 24.9 Å². The highest BCUT2D eigenvalue weighted by Crippen LogP contribution is 2.40. The fourth-order valence-corrected chi connectivity index (χ4v) is 3.23. The second-order valence-corrected chi connectivity index (χ2v) is 6.92. The number of pyridine rings is 1. The highest BCUT2D eigenvalue weighted by molar-refractivity contribution is 6.00. The average molecular weight is 400 g/mol. The van der Waals surface area contributed by atoms with E-state index in [1.54, 1.807) is 25.1 Å². The average Bonchev–Trinajstić information content (AvgIpc) is 3.42. The fraction of sp³-hybridized carbons (Fsp3) is 0.316. The van der Waals surface area contributed by atoms with Crippen molar-refractivity contribution in [3.63, 3.8) is 0 Å². The van der Waals surface area contributed by atoms with Crippen LogP contribution in [0.4, 0.5) is 13.2 Å². The van der Waals surface area contributed by atoms with Crippen molar-refractivity contribution >= 4 is 11.6 Å². The second kappa shape index (κ2) is 6.84. The number of nitrogens with zero attached hydrogens (tertiary/aromatic N) is 5. The van der Waals surface area contributed by atoms with E-state index in [1.807, 2.05) is 6.07 Å². The maximum atomic E-state index is 13.3. The molecular formula is C19H15F3N6O. The van der Waals surface area contributed by atoms with Crippen LogP contribution in [-0.4, -0.2) is 37.7 Å². The molecule has 3 aromatic heterocycles. The van der Waals surface area contributed by atoms with E-state index in [-0.39, 0.29) is 16.9 Å². The van der Waals surface area contributed by atoms with Crippen LogP contribution in [0.1, 0.15) is 34.6 Å². The number of nitrogens with one attached hydrogen (secondary N) is 1. The van der Waals surface area contributed by atoms with Gasteiger partial charge in [0.25, 0.3) is 5.91 Å². The largest absolute Gasteiger partial charge is 0.408 e. The van der Waals surface area contributed by atoms with Gasteiger partial charge >= 0.3 is 6.18 Å². The molecule has 1 N–H and O–H groups in total. The summed E-state index contributed by atoms with van der Waals surface area (Å²) in [7, 11) is 0. The lowest BCUT2D eigenvalue weighted by atomic mass is 10.1. The Morgan fingerprint density at radius 2 is 2.17 bits per heavy atom. The summed E-state index contributed by atoms with van der Waals surface area (Å²) in [5.74, 6) is -1.48. The Morgan fingerprint density at radius 1 is 1.41 bits per heavy atom. The number of carbonyl (C=O) groups is 1. The lowest BCUT2D eigenvalue weighted by Gasteiger charge is -2.20. The van der Waals surface area contributed by atoms with E-state index in [0.717, 1.165) is 0 Å². The number of aromatic nitrogens is 4. The van der Waals surface area contributed by atoms with Gasteiger partial charge < -0.3 is 5.32 Å². The zero-order valence-corrected chi connectivity index (χ0v) is 15.2. The van der Waals surface area contributed by atoms with E-state index in [0.29, 0.717) is 29.8 Å². The molecule has 1 amide bonds. The molecular weight excluding hydrogens is 385 g/mol. The van der Waals surface area contributed by atoms with Crippen LogP contribution in [0.25, 0.3) is 16.9 Å². The van der Waals surface area contributed by atoms with E-state index in [1.165, 1.54) is 16.9 Å². The smallest absolute Gasteiger partial charge is 0.340 e. The topological polar surface area (TPSA) is 96.0 Å². The third-order valence-corrected chi connectivity index (χ3v) is 4.82. The molecule has 3 heterocycles. The molecule has 3 aromatic rings. The molecule has 1 saturated carbocycles. The summed E-state index contributed by atoms with van der Waals surface area (Å²) in [6.45, 7) is 1.72. The van der Waals surface area contributed by atoms with Crippen molar-refractivity contribution in [2.45, 2.75) is 32.0 Å². The van der Waals surface area contributed by atoms with Crippen LogP contribution in [0, 0.1) is 24.2 Å². The lowest BCUT2D eigenvalue weighted by Crippen LogP contribution is -2.46. The molecule has 148 valence electrons. The minimum Gasteiger partial charge on any atom is -0.340 e. The first-order valence-electron chi connectivity index (χ1n) is 8.88. The minimum absolute atomic E-state index is 0.0627. The van der Waals surface area contributed by atoms with Crippen molar-refractivity contribution in [3.8, 4) is 17.3 Å². The molecule has 29 heavy (non-hydrogen) atoms. The molecule has 1 atom stereocenters. The van der Waals surface area contributed by atoms with Crippen LogP contribution in [0.5, 0.6) is 0 Å². The number of alkyl halides is 3. The number of fused-ring (bicyclic) bond motifs is 1. The Kier molecular flexibility index (Phi) is 4.45. The molecule has 1 fully saturated rings. The van der Waals surface area contributed by atoms with Crippen LogP contribution in [0.2, 0.25) is 0 Å². The maximum absolute atomic E-state index is 13.3. The molecule has 10 heteroatoms. The molecule has 1 aliphatic rings. The van der Waals surface area contributed by atoms with Gasteiger partial charge in [-0.15, -0.1) is 0 Å². The molecule has 0 saturated heterocycles. The second-order valence-electron chi connectivity index (χ2n) is 6.92. The summed E-state index contributed by atoms with van der Waals surface area (Å²) in [4.78, 5) is 21.0. The van der Waals surface area contributed by atoms with Crippen LogP contribution >= 0.6 is 0 Å². The van der Waals surface area contributed by atoms with E-state index in [9.17, 15) is 23.2 Å². The normalized spacial score (nSPS) is 15.1. The van der Waals surface area contributed by atoms with E-state index >= 15 is 0 Å². The highest BCUT2D eigenvalue weighted by atomic mass is 19.4. The summed E-state index contributed by atoms with van der Waals surface area (Å²) >= 11 is 0. The van der Waals surface area contributed by atoms with Gasteiger partial charge in [0.1, 0.15) is 23.4 Å². The molecule has 0 spiro atoms. The molecule has 7 nitrogen and oxygen atoms in total. The van der Waals surface area contributed by atoms with Crippen molar-refractivity contribution in [2.75, 3.05) is 0 Å². The van der Waals surface area contributed by atoms with Crippen molar-refractivity contribution in [1.29, 1.82) is 5.26 Å². The van der Waals surface area contributed by atoms with Crippen molar-refractivity contribution in [3.05, 3.63) is 47.5 Å². The van der Waals surface area contributed by atoms with Gasteiger partial charge in [-0.3, -0.25) is 4.79 Å². The standard InChI is InChI=1S/C19H15F3N6O/c1-10-7-14(12-3-2-6-24-15(12)8-23)26-17-13(9-25-28(10)17)18(29)27-16(11-4-5-11)19(20,21)22/h2-3,6-7,9,11,16H,4-5H2,1H3,(H,27,29)/t16-/m0/s1. The van der Waals surface area contributed by atoms with Gasteiger partial charge in [-0.05, 0) is 43.9 Å². The molecule has 1 aliphatic carbocycles. The van der Waals surface area contributed by atoms with E-state index in [4.69, 9.17) is 0 Å². The zero-order chi connectivity index (χ0) is 20.8. The molecule has 0 bridgehead atoms. The van der Waals surface area contributed by atoms with Crippen molar-refractivity contribution in [2.24, 2.45) is 5.92 Å². The Labute approximate surface area is 163 Å². The van der Waals surface area contributed by atoms with Gasteiger partial charge in [-0.1, -0.05) is 0 Å². The Hall–Kier alpha value is -3.48. The summed E-state index contributed by atoms with van der Waals surface area (Å²) in [5, 5.41) is 15.4. The first-order chi connectivity index (χ1) is 13.8. The van der Waals surface area contributed by atoms with Crippen LogP contribution in [-0.2, 0) is 0 Å². The zero-order valence-electron chi connectivity index (χ0n) is 15.2. The van der Waals surface area contributed by atoms with Gasteiger partial charge in [-0.25, -0.2) is 14.5 Å². The van der Waals surface area contributed by atoms with Crippen LogP contribution in [0.3, 0.4) is 0 Å². The van der Waals surface area contributed by atoms with Gasteiger partial charge in [0.2, 0.25) is 0 Å². The monoisotopic (exact) mass is 400 g/mol. The van der Waals surface area contributed by atoms with Crippen LogP contribution in [0.15, 0.2) is 30.6 Å². The third-order valence-electron chi connectivity index (χ3n) is 4.82. The summed E-state index contributed by atoms with van der Waals surface area (Å²) in [6, 6.07) is 5.06. The molecule has 0 radical (unpaired) electrons. The Bertz CT molecular complexity index is 1140. The summed E-state index contributed by atoms with van der Waals surface area (Å²) in [6.07, 6.45) is -0.993. The highest BCUT2D eigenvalue weighted by Gasteiger charge is 2.49. The number of amides is 1. The molecule has 0 aromatic carbocycles. The predicted octanol–water partition coefficient (Wildman–Crippen LogP) is 3.04. The number of aryl methyl sites for hydroxylation is 1. The summed E-state index contributed by atoms with van der Waals surface area (Å²) < 4.78 is 41.2. The predicted molar refractivity (Wildman–Crippen MR) is 95.7 cm³/mol. The van der Waals surface area contributed by atoms with Gasteiger partial charge in [0.15, 0.2) is 5.65 Å². The number of nitriles is 1. The minimum atomic E-state index is -4.52. The number of rotatable bonds is 4. The van der Waals surface area contributed by atoms with E-state index < -0.39 is 24.0 Å². The molecule has 0 aliphatic heterocycles. The van der Waals surface area contributed by atoms with Gasteiger partial charge in [-0.2, -0.15) is 23.5 Å². The van der Waals surface area contributed by atoms with Crippen molar-refractivity contribution < 1.29 is 18.0 Å². The molecule has 0 unspecified atom stereocenters. The molecule has 4 rings (SSSR count). The van der Waals surface area contributed by atoms with E-state index in [2.05, 4.69) is 20.4 Å². The van der Waals surface area contributed by atoms with Gasteiger partial charge in [0.05, 0.1) is 11.9 Å². The Balaban J connectivity index is 1.75. The number of carbonyl (C=O) groups excluding carboxylic acids is 1. The fourth-order valence-electron chi connectivity index (χ4n) is 3.23. The number of halogens is 3. The SMILES string of the molecule is Cc1cc(-c2cccnc2C#N)nc2c(C(=O)N[C@@H](C3CC3)C(F)(F)F)cnn12. The first-order valence-corrected chi connectivity index (χ1v) is 8.88. The summed E-state index contributed by atoms with van der Waals surface area (Å²) in [5.41, 5.74) is 1.64. The van der Waals surface area contributed by atoms with Crippen LogP contribution < -0.4 is 5.32 Å². The van der Waals surface area contributed by atoms with Gasteiger partial charge in [0, 0.05) is 17.5 Å². The number of hydrogen-bond donors (Lipinski definition) is 1. The first kappa shape index (κ1) is 18.9. The number of hydrogen-bond acceptors (Lipinski definition) is 5. The maximum Gasteiger partial charge on any atom is 0.408 e.